The third-order valence-corrected chi connectivity index (χ3v) is 3.15. The van der Waals surface area contributed by atoms with Gasteiger partial charge >= 0.3 is 0 Å². The average Bonchev–Trinajstić information content (AvgIpc) is 2.81. The number of nitrogens with zero attached hydrogens (tertiary/aromatic N) is 1. The number of hydrogen-bond acceptors (Lipinski definition) is 0. The van der Waals surface area contributed by atoms with Crippen LogP contribution in [0.3, 0.4) is 0 Å². The zero-order chi connectivity index (χ0) is 12.4. The Morgan fingerprint density at radius 1 is 1.00 bits per heavy atom. The molecule has 0 aliphatic carbocycles. The van der Waals surface area contributed by atoms with E-state index < -0.39 is 0 Å². The highest BCUT2D eigenvalue weighted by Crippen LogP contribution is 2.19. The molecule has 3 rings (SSSR count). The third-order valence-electron chi connectivity index (χ3n) is 3.15. The molecule has 3 aromatic rings. The molecule has 0 amide bonds. The second kappa shape index (κ2) is 4.49. The number of pyridine rings is 1. The fraction of sp³-hybridized carbons (Fsp3) is 0.0625. The van der Waals surface area contributed by atoms with Gasteiger partial charge in [0.05, 0.1) is 0 Å². The van der Waals surface area contributed by atoms with E-state index in [4.69, 9.17) is 0 Å². The second-order valence-corrected chi connectivity index (χ2v) is 4.36. The topological polar surface area (TPSA) is 19.7 Å². The number of para-hydroxylation sites is 1. The highest BCUT2D eigenvalue weighted by Gasteiger charge is 2.01. The van der Waals surface area contributed by atoms with Gasteiger partial charge in [0, 0.05) is 35.3 Å². The molecule has 2 aromatic heterocycles. The summed E-state index contributed by atoms with van der Waals surface area (Å²) in [6, 6.07) is 14.5. The van der Waals surface area contributed by atoms with E-state index in [1.54, 1.807) is 0 Å². The van der Waals surface area contributed by atoms with Crippen LogP contribution in [0.2, 0.25) is 0 Å². The van der Waals surface area contributed by atoms with E-state index in [-0.39, 0.29) is 0 Å². The van der Waals surface area contributed by atoms with Gasteiger partial charge in [0.25, 0.3) is 0 Å². The van der Waals surface area contributed by atoms with Gasteiger partial charge in [0.1, 0.15) is 7.05 Å². The van der Waals surface area contributed by atoms with Crippen LogP contribution in [-0.2, 0) is 7.05 Å². The summed E-state index contributed by atoms with van der Waals surface area (Å²) in [5, 5.41) is 1.26. The fourth-order valence-electron chi connectivity index (χ4n) is 2.12. The normalized spacial score (nSPS) is 11.4. The van der Waals surface area contributed by atoms with Crippen LogP contribution >= 0.6 is 0 Å². The minimum atomic E-state index is 1.18. The van der Waals surface area contributed by atoms with E-state index in [1.165, 1.54) is 22.2 Å². The van der Waals surface area contributed by atoms with Gasteiger partial charge in [-0.2, -0.15) is 0 Å². The third kappa shape index (κ3) is 1.93. The quantitative estimate of drug-likeness (QED) is 0.658. The Kier molecular flexibility index (Phi) is 2.69. The van der Waals surface area contributed by atoms with Gasteiger partial charge in [-0.05, 0) is 23.8 Å². The van der Waals surface area contributed by atoms with Gasteiger partial charge in [0.2, 0.25) is 5.69 Å². The lowest BCUT2D eigenvalue weighted by molar-refractivity contribution is -0.673. The molecule has 0 saturated heterocycles. The Balaban J connectivity index is 2.00. The summed E-state index contributed by atoms with van der Waals surface area (Å²) in [4.78, 5) is 3.28. The van der Waals surface area contributed by atoms with Gasteiger partial charge < -0.3 is 4.98 Å². The van der Waals surface area contributed by atoms with Crippen molar-refractivity contribution < 1.29 is 4.57 Å². The van der Waals surface area contributed by atoms with Crippen molar-refractivity contribution in [3.8, 4) is 0 Å². The maximum Gasteiger partial charge on any atom is 0.204 e. The highest BCUT2D eigenvalue weighted by molar-refractivity contribution is 5.91. The summed E-state index contributed by atoms with van der Waals surface area (Å²) in [5.41, 5.74) is 3.58. The Labute approximate surface area is 106 Å². The van der Waals surface area contributed by atoms with E-state index in [0.29, 0.717) is 0 Å². The minimum Gasteiger partial charge on any atom is -0.361 e. The van der Waals surface area contributed by atoms with Gasteiger partial charge in [-0.25, -0.2) is 4.57 Å². The second-order valence-electron chi connectivity index (χ2n) is 4.36. The van der Waals surface area contributed by atoms with Crippen LogP contribution in [-0.4, -0.2) is 4.98 Å². The summed E-state index contributed by atoms with van der Waals surface area (Å²) >= 11 is 0. The SMILES string of the molecule is C[n+]1ccccc1/C=C\c1c[nH]c2ccccc12. The molecule has 1 N–H and O–H groups in total. The first-order valence-corrected chi connectivity index (χ1v) is 6.03. The van der Waals surface area contributed by atoms with E-state index in [0.717, 1.165) is 0 Å². The Bertz CT molecular complexity index is 708. The van der Waals surface area contributed by atoms with E-state index in [9.17, 15) is 0 Å². The van der Waals surface area contributed by atoms with Crippen LogP contribution in [0.25, 0.3) is 23.1 Å². The predicted molar refractivity (Wildman–Crippen MR) is 74.8 cm³/mol. The zero-order valence-electron chi connectivity index (χ0n) is 10.3. The minimum absolute atomic E-state index is 1.18. The maximum atomic E-state index is 3.28. The molecule has 0 radical (unpaired) electrons. The average molecular weight is 235 g/mol. The number of fused-ring (bicyclic) bond motifs is 1. The van der Waals surface area contributed by atoms with Crippen molar-refractivity contribution in [1.82, 2.24) is 4.98 Å². The first kappa shape index (κ1) is 10.8. The van der Waals surface area contributed by atoms with E-state index in [1.807, 2.05) is 18.3 Å². The van der Waals surface area contributed by atoms with Crippen LogP contribution in [0.1, 0.15) is 11.3 Å². The van der Waals surface area contributed by atoms with Crippen molar-refractivity contribution in [2.45, 2.75) is 0 Å². The zero-order valence-corrected chi connectivity index (χ0v) is 10.3. The molecule has 0 aliphatic heterocycles. The number of hydrogen-bond donors (Lipinski definition) is 1. The van der Waals surface area contributed by atoms with Crippen LogP contribution < -0.4 is 4.57 Å². The van der Waals surface area contributed by atoms with Crippen molar-refractivity contribution >= 4 is 23.1 Å². The van der Waals surface area contributed by atoms with Crippen molar-refractivity contribution in [2.75, 3.05) is 0 Å². The molecule has 1 aromatic carbocycles. The summed E-state index contributed by atoms with van der Waals surface area (Å²) in [6.45, 7) is 0. The number of rotatable bonds is 2. The lowest BCUT2D eigenvalue weighted by Crippen LogP contribution is -2.30. The van der Waals surface area contributed by atoms with Crippen molar-refractivity contribution in [2.24, 2.45) is 7.05 Å². The van der Waals surface area contributed by atoms with Crippen molar-refractivity contribution in [3.05, 3.63) is 66.1 Å². The Morgan fingerprint density at radius 3 is 2.72 bits per heavy atom. The van der Waals surface area contributed by atoms with E-state index >= 15 is 0 Å². The van der Waals surface area contributed by atoms with Crippen LogP contribution in [0.5, 0.6) is 0 Å². The van der Waals surface area contributed by atoms with Crippen LogP contribution in [0, 0.1) is 0 Å². The molecule has 0 fully saturated rings. The summed E-state index contributed by atoms with van der Waals surface area (Å²) < 4.78 is 2.10. The van der Waals surface area contributed by atoms with Gasteiger partial charge in [-0.3, -0.25) is 0 Å². The maximum absolute atomic E-state index is 3.28. The summed E-state index contributed by atoms with van der Waals surface area (Å²) in [5.74, 6) is 0. The molecular formula is C16H15N2+. The lowest BCUT2D eigenvalue weighted by Gasteiger charge is -1.93. The van der Waals surface area contributed by atoms with E-state index in [2.05, 4.69) is 65.3 Å². The first-order valence-electron chi connectivity index (χ1n) is 6.03. The van der Waals surface area contributed by atoms with Gasteiger partial charge in [0.15, 0.2) is 6.20 Å². The molecule has 2 heteroatoms. The smallest absolute Gasteiger partial charge is 0.204 e. The molecule has 0 bridgehead atoms. The number of nitrogens with one attached hydrogen (secondary N) is 1. The summed E-state index contributed by atoms with van der Waals surface area (Å²) in [7, 11) is 2.05. The Hall–Kier alpha value is -2.35. The van der Waals surface area contributed by atoms with Crippen LogP contribution in [0.4, 0.5) is 0 Å². The number of aromatic amines is 1. The summed E-state index contributed by atoms with van der Waals surface area (Å²) in [6.07, 6.45) is 8.38. The number of benzene rings is 1. The number of H-pyrrole nitrogens is 1. The standard InChI is InChI=1S/C16H14N2/c1-18-11-5-4-6-14(18)10-9-13-12-17-16-8-3-2-7-15(13)16/h2-12H,1H3/p+1. The molecule has 2 nitrogen and oxygen atoms in total. The highest BCUT2D eigenvalue weighted by atomic mass is 14.9. The molecule has 0 spiro atoms. The predicted octanol–water partition coefficient (Wildman–Crippen LogP) is 3.16. The van der Waals surface area contributed by atoms with Crippen LogP contribution in [0.15, 0.2) is 54.9 Å². The Morgan fingerprint density at radius 2 is 1.83 bits per heavy atom. The number of aryl methyl sites for hydroxylation is 1. The van der Waals surface area contributed by atoms with Gasteiger partial charge in [-0.1, -0.05) is 18.2 Å². The molecule has 0 unspecified atom stereocenters. The lowest BCUT2D eigenvalue weighted by atomic mass is 10.1. The molecule has 0 saturated carbocycles. The molecule has 2 heterocycles. The molecule has 88 valence electrons. The van der Waals surface area contributed by atoms with Crippen molar-refractivity contribution in [3.63, 3.8) is 0 Å². The number of aromatic nitrogens is 2. The monoisotopic (exact) mass is 235 g/mol. The van der Waals surface area contributed by atoms with Gasteiger partial charge in [-0.15, -0.1) is 0 Å². The molecule has 18 heavy (non-hydrogen) atoms. The largest absolute Gasteiger partial charge is 0.361 e. The molecule has 0 atom stereocenters. The molecular weight excluding hydrogens is 220 g/mol. The molecule has 0 aliphatic rings. The first-order chi connectivity index (χ1) is 8.84. The fourth-order valence-corrected chi connectivity index (χ4v) is 2.12. The van der Waals surface area contributed by atoms with Crippen molar-refractivity contribution in [1.29, 1.82) is 0 Å².